The van der Waals surface area contributed by atoms with Crippen molar-refractivity contribution >= 4 is 23.4 Å². The molecule has 1 saturated heterocycles. The number of carbonyl (C=O) groups excluding carboxylic acids is 2. The van der Waals surface area contributed by atoms with Crippen LogP contribution in [0.5, 0.6) is 0 Å². The molecule has 2 N–H and O–H groups in total. The number of hydrogen-bond acceptors (Lipinski definition) is 2. The number of benzene rings is 1. The van der Waals surface area contributed by atoms with Gasteiger partial charge in [-0.1, -0.05) is 23.7 Å². The van der Waals surface area contributed by atoms with Gasteiger partial charge in [0.15, 0.2) is 6.04 Å². The second kappa shape index (κ2) is 7.83. The van der Waals surface area contributed by atoms with E-state index < -0.39 is 0 Å². The molecular formula is C24H33ClN3O2+. The van der Waals surface area contributed by atoms with Crippen molar-refractivity contribution in [2.24, 2.45) is 17.8 Å². The van der Waals surface area contributed by atoms with Crippen LogP contribution >= 0.6 is 11.6 Å². The molecule has 2 amide bonds. The van der Waals surface area contributed by atoms with Crippen LogP contribution in [-0.4, -0.2) is 54.5 Å². The Kier molecular flexibility index (Phi) is 5.30. The molecule has 6 rings (SSSR count). The summed E-state index contributed by atoms with van der Waals surface area (Å²) in [7, 11) is 0. The summed E-state index contributed by atoms with van der Waals surface area (Å²) in [5.74, 6) is 2.69. The van der Waals surface area contributed by atoms with Crippen LogP contribution in [0.25, 0.3) is 0 Å². The number of hydrogen-bond donors (Lipinski definition) is 2. The lowest BCUT2D eigenvalue weighted by Gasteiger charge is -2.57. The summed E-state index contributed by atoms with van der Waals surface area (Å²) in [5.41, 5.74) is 0.636. The Balaban J connectivity index is 1.17. The molecule has 1 heterocycles. The summed E-state index contributed by atoms with van der Waals surface area (Å²) < 4.78 is 0. The first-order valence-corrected chi connectivity index (χ1v) is 12.0. The lowest BCUT2D eigenvalue weighted by atomic mass is 9.53. The molecule has 0 aromatic heterocycles. The number of carbonyl (C=O) groups is 2. The molecule has 1 aromatic rings. The number of nitrogens with one attached hydrogen (secondary N) is 2. The summed E-state index contributed by atoms with van der Waals surface area (Å²) >= 11 is 6.20. The minimum Gasteiger partial charge on any atom is -0.345 e. The van der Waals surface area contributed by atoms with Crippen LogP contribution in [0, 0.1) is 17.8 Å². The van der Waals surface area contributed by atoms with E-state index in [1.54, 1.807) is 12.1 Å². The lowest BCUT2D eigenvalue weighted by Crippen LogP contribution is -3.19. The van der Waals surface area contributed by atoms with Crippen LogP contribution in [0.2, 0.25) is 5.02 Å². The van der Waals surface area contributed by atoms with Gasteiger partial charge in [-0.3, -0.25) is 9.59 Å². The number of nitrogens with zero attached hydrogens (tertiary/aromatic N) is 1. The predicted octanol–water partition coefficient (Wildman–Crippen LogP) is 2.15. The molecular weight excluding hydrogens is 398 g/mol. The van der Waals surface area contributed by atoms with Crippen molar-refractivity contribution in [1.29, 1.82) is 0 Å². The predicted molar refractivity (Wildman–Crippen MR) is 117 cm³/mol. The second-order valence-electron chi connectivity index (χ2n) is 10.3. The normalized spacial score (nSPS) is 34.1. The van der Waals surface area contributed by atoms with E-state index in [9.17, 15) is 9.59 Å². The molecule has 162 valence electrons. The number of halogens is 1. The minimum absolute atomic E-state index is 0.00896. The van der Waals surface area contributed by atoms with Crippen molar-refractivity contribution in [3.63, 3.8) is 0 Å². The molecule has 0 unspecified atom stereocenters. The van der Waals surface area contributed by atoms with Gasteiger partial charge in [0.1, 0.15) is 0 Å². The largest absolute Gasteiger partial charge is 0.345 e. The van der Waals surface area contributed by atoms with E-state index in [0.29, 0.717) is 23.7 Å². The molecule has 5 aliphatic rings. The van der Waals surface area contributed by atoms with E-state index in [0.717, 1.165) is 30.8 Å². The monoisotopic (exact) mass is 430 g/mol. The molecule has 5 fully saturated rings. The molecule has 4 bridgehead atoms. The maximum absolute atomic E-state index is 13.2. The SMILES string of the molecule is C[C@H](C(=O)NC12CC3CC(CC(C3)C1)C2)[NH+]1CCN(C(=O)c2ccccc2Cl)CC1. The highest BCUT2D eigenvalue weighted by Crippen LogP contribution is 2.55. The third-order valence-corrected chi connectivity index (χ3v) is 8.56. The quantitative estimate of drug-likeness (QED) is 0.769. The van der Waals surface area contributed by atoms with Gasteiger partial charge in [-0.25, -0.2) is 0 Å². The molecule has 0 spiro atoms. The van der Waals surface area contributed by atoms with Crippen molar-refractivity contribution in [2.45, 2.75) is 57.0 Å². The van der Waals surface area contributed by atoms with Crippen molar-refractivity contribution in [3.8, 4) is 0 Å². The minimum atomic E-state index is -0.0735. The highest BCUT2D eigenvalue weighted by molar-refractivity contribution is 6.33. The summed E-state index contributed by atoms with van der Waals surface area (Å²) in [6, 6.07) is 7.15. The molecule has 4 aliphatic carbocycles. The molecule has 6 heteroatoms. The highest BCUT2D eigenvalue weighted by Gasteiger charge is 2.52. The highest BCUT2D eigenvalue weighted by atomic mass is 35.5. The number of amides is 2. The third-order valence-electron chi connectivity index (χ3n) is 8.23. The molecule has 30 heavy (non-hydrogen) atoms. The number of rotatable bonds is 4. The van der Waals surface area contributed by atoms with E-state index in [2.05, 4.69) is 12.2 Å². The number of piperazine rings is 1. The Hall–Kier alpha value is -1.59. The number of quaternary nitrogens is 1. The van der Waals surface area contributed by atoms with Gasteiger partial charge in [0.2, 0.25) is 0 Å². The molecule has 4 saturated carbocycles. The van der Waals surface area contributed by atoms with Crippen LogP contribution in [-0.2, 0) is 4.79 Å². The van der Waals surface area contributed by atoms with Gasteiger partial charge in [-0.05, 0) is 75.3 Å². The fourth-order valence-corrected chi connectivity index (χ4v) is 7.27. The van der Waals surface area contributed by atoms with Crippen molar-refractivity contribution in [2.75, 3.05) is 26.2 Å². The zero-order chi connectivity index (χ0) is 20.9. The van der Waals surface area contributed by atoms with Crippen LogP contribution in [0.15, 0.2) is 24.3 Å². The molecule has 1 aromatic carbocycles. The fourth-order valence-electron chi connectivity index (χ4n) is 7.05. The van der Waals surface area contributed by atoms with Crippen molar-refractivity contribution < 1.29 is 14.5 Å². The van der Waals surface area contributed by atoms with E-state index in [1.807, 2.05) is 17.0 Å². The van der Waals surface area contributed by atoms with Gasteiger partial charge >= 0.3 is 0 Å². The van der Waals surface area contributed by atoms with E-state index >= 15 is 0 Å². The van der Waals surface area contributed by atoms with Crippen LogP contribution in [0.4, 0.5) is 0 Å². The summed E-state index contributed by atoms with van der Waals surface area (Å²) in [4.78, 5) is 29.1. The Morgan fingerprint density at radius 3 is 2.20 bits per heavy atom. The smallest absolute Gasteiger partial charge is 0.278 e. The first kappa shape index (κ1) is 20.3. The van der Waals surface area contributed by atoms with Crippen LogP contribution in [0.1, 0.15) is 55.8 Å². The van der Waals surface area contributed by atoms with Gasteiger partial charge in [-0.15, -0.1) is 0 Å². The maximum Gasteiger partial charge on any atom is 0.278 e. The van der Waals surface area contributed by atoms with Gasteiger partial charge in [-0.2, -0.15) is 0 Å². The standard InChI is InChI=1S/C24H32ClN3O2/c1-16(22(29)26-24-13-17-10-18(14-24)12-19(11-17)15-24)27-6-8-28(9-7-27)23(30)20-4-2-3-5-21(20)25/h2-5,16-19H,6-15H2,1H3,(H,26,29)/p+1/t16-,17?,18?,19?,24?/m1/s1. The molecule has 1 atom stereocenters. The fraction of sp³-hybridized carbons (Fsp3) is 0.667. The third kappa shape index (κ3) is 3.75. The molecule has 5 nitrogen and oxygen atoms in total. The van der Waals surface area contributed by atoms with E-state index in [1.165, 1.54) is 43.4 Å². The van der Waals surface area contributed by atoms with Gasteiger partial charge in [0.05, 0.1) is 36.8 Å². The zero-order valence-corrected chi connectivity index (χ0v) is 18.6. The Morgan fingerprint density at radius 1 is 1.07 bits per heavy atom. The van der Waals surface area contributed by atoms with Crippen molar-refractivity contribution in [1.82, 2.24) is 10.2 Å². The summed E-state index contributed by atoms with van der Waals surface area (Å²) in [5, 5.41) is 4.03. The zero-order valence-electron chi connectivity index (χ0n) is 17.8. The van der Waals surface area contributed by atoms with Crippen LogP contribution < -0.4 is 10.2 Å². The Labute approximate surface area is 184 Å². The Bertz CT molecular complexity index is 798. The van der Waals surface area contributed by atoms with E-state index in [4.69, 9.17) is 11.6 Å². The summed E-state index contributed by atoms with van der Waals surface area (Å²) in [6.07, 6.45) is 7.72. The van der Waals surface area contributed by atoms with Crippen LogP contribution in [0.3, 0.4) is 0 Å². The molecule has 0 radical (unpaired) electrons. The maximum atomic E-state index is 13.2. The van der Waals surface area contributed by atoms with Crippen molar-refractivity contribution in [3.05, 3.63) is 34.9 Å². The van der Waals surface area contributed by atoms with Gasteiger partial charge in [0, 0.05) is 5.54 Å². The topological polar surface area (TPSA) is 53.9 Å². The average molecular weight is 431 g/mol. The Morgan fingerprint density at radius 2 is 1.63 bits per heavy atom. The van der Waals surface area contributed by atoms with Gasteiger partial charge < -0.3 is 15.1 Å². The average Bonchev–Trinajstić information content (AvgIpc) is 2.72. The first-order valence-electron chi connectivity index (χ1n) is 11.6. The molecule has 1 aliphatic heterocycles. The second-order valence-corrected chi connectivity index (χ2v) is 10.7. The summed E-state index contributed by atoms with van der Waals surface area (Å²) in [6.45, 7) is 4.97. The lowest BCUT2D eigenvalue weighted by molar-refractivity contribution is -0.918. The van der Waals surface area contributed by atoms with Gasteiger partial charge in [0.25, 0.3) is 11.8 Å². The first-order chi connectivity index (χ1) is 14.4. The van der Waals surface area contributed by atoms with E-state index in [-0.39, 0.29) is 23.4 Å².